The first-order valence-corrected chi connectivity index (χ1v) is 9.51. The van der Waals surface area contributed by atoms with E-state index in [0.717, 1.165) is 16.7 Å². The van der Waals surface area contributed by atoms with Crippen LogP contribution in [-0.2, 0) is 11.2 Å². The van der Waals surface area contributed by atoms with E-state index in [9.17, 15) is 9.18 Å². The third-order valence-corrected chi connectivity index (χ3v) is 4.69. The number of benzene rings is 2. The molecule has 1 heterocycles. The van der Waals surface area contributed by atoms with Crippen molar-refractivity contribution in [1.29, 1.82) is 0 Å². The van der Waals surface area contributed by atoms with Gasteiger partial charge in [0.2, 0.25) is 5.88 Å². The highest BCUT2D eigenvalue weighted by Crippen LogP contribution is 2.38. The van der Waals surface area contributed by atoms with Crippen LogP contribution in [0.5, 0.6) is 11.6 Å². The second kappa shape index (κ2) is 8.66. The number of carbonyl (C=O) groups is 1. The van der Waals surface area contributed by atoms with Crippen LogP contribution in [-0.4, -0.2) is 28.8 Å². The van der Waals surface area contributed by atoms with Crippen molar-refractivity contribution in [2.75, 3.05) is 6.61 Å². The predicted molar refractivity (Wildman–Crippen MR) is 110 cm³/mol. The highest BCUT2D eigenvalue weighted by atomic mass is 35.5. The Morgan fingerprint density at radius 2 is 1.90 bits per heavy atom. The number of pyridine rings is 1. The van der Waals surface area contributed by atoms with Crippen molar-refractivity contribution in [3.8, 4) is 11.6 Å². The number of nitrogens with zero attached hydrogens (tertiary/aromatic N) is 1. The van der Waals surface area contributed by atoms with Gasteiger partial charge in [-0.15, -0.1) is 0 Å². The van der Waals surface area contributed by atoms with E-state index in [-0.39, 0.29) is 11.9 Å². The third-order valence-electron chi connectivity index (χ3n) is 4.38. The summed E-state index contributed by atoms with van der Waals surface area (Å²) in [5, 5.41) is 10.0. The van der Waals surface area contributed by atoms with E-state index in [1.807, 2.05) is 20.8 Å². The Kier molecular flexibility index (Phi) is 6.23. The van der Waals surface area contributed by atoms with E-state index in [1.165, 1.54) is 12.1 Å². The molecule has 1 aromatic heterocycles. The van der Waals surface area contributed by atoms with Gasteiger partial charge in [0.15, 0.2) is 6.61 Å². The van der Waals surface area contributed by atoms with Crippen LogP contribution in [0.3, 0.4) is 0 Å². The van der Waals surface area contributed by atoms with Crippen LogP contribution in [0.25, 0.3) is 10.9 Å². The normalized spacial score (nSPS) is 11.1. The van der Waals surface area contributed by atoms with Crippen LogP contribution in [0.15, 0.2) is 36.4 Å². The number of carboxylic acid groups (broad SMARTS) is 1. The Labute approximate surface area is 173 Å². The van der Waals surface area contributed by atoms with Crippen LogP contribution in [0.2, 0.25) is 5.02 Å². The monoisotopic (exact) mass is 417 g/mol. The van der Waals surface area contributed by atoms with Crippen molar-refractivity contribution in [2.24, 2.45) is 0 Å². The lowest BCUT2D eigenvalue weighted by Gasteiger charge is -2.19. The van der Waals surface area contributed by atoms with E-state index in [1.54, 1.807) is 24.3 Å². The Morgan fingerprint density at radius 1 is 1.21 bits per heavy atom. The van der Waals surface area contributed by atoms with Gasteiger partial charge in [0.25, 0.3) is 0 Å². The average molecular weight is 418 g/mol. The number of halogens is 2. The molecule has 0 amide bonds. The topological polar surface area (TPSA) is 68.7 Å². The lowest BCUT2D eigenvalue weighted by atomic mass is 9.97. The molecule has 1 N–H and O–H groups in total. The molecule has 0 saturated carbocycles. The zero-order valence-electron chi connectivity index (χ0n) is 16.3. The van der Waals surface area contributed by atoms with Crippen molar-refractivity contribution >= 4 is 28.5 Å². The Morgan fingerprint density at radius 3 is 2.52 bits per heavy atom. The van der Waals surface area contributed by atoms with Gasteiger partial charge in [-0.1, -0.05) is 23.7 Å². The second-order valence-corrected chi connectivity index (χ2v) is 7.35. The van der Waals surface area contributed by atoms with Crippen molar-refractivity contribution in [3.63, 3.8) is 0 Å². The standard InChI is InChI=1S/C22H21ClFNO4/c1-12(2)29-22-16(10-14-4-6-15(24)7-5-14)13(3)20-18(28-11-19(26)27)9-8-17(23)21(20)25-22/h4-9,12H,10-11H2,1-3H3,(H,26,27). The Bertz CT molecular complexity index is 1050. The quantitative estimate of drug-likeness (QED) is 0.573. The molecule has 0 fully saturated rings. The molecule has 2 aromatic carbocycles. The molecule has 0 atom stereocenters. The minimum atomic E-state index is -1.08. The van der Waals surface area contributed by atoms with Gasteiger partial charge in [-0.05, 0) is 56.2 Å². The summed E-state index contributed by atoms with van der Waals surface area (Å²) in [6.45, 7) is 5.21. The van der Waals surface area contributed by atoms with Gasteiger partial charge in [0, 0.05) is 17.4 Å². The fourth-order valence-electron chi connectivity index (χ4n) is 3.09. The minimum Gasteiger partial charge on any atom is -0.481 e. The van der Waals surface area contributed by atoms with E-state index in [4.69, 9.17) is 26.2 Å². The molecule has 3 aromatic rings. The molecule has 0 bridgehead atoms. The highest BCUT2D eigenvalue weighted by molar-refractivity contribution is 6.35. The maximum atomic E-state index is 13.3. The number of ether oxygens (including phenoxy) is 2. The molecule has 152 valence electrons. The number of hydrogen-bond donors (Lipinski definition) is 1. The molecule has 0 aliphatic heterocycles. The first kappa shape index (κ1) is 20.9. The lowest BCUT2D eigenvalue weighted by molar-refractivity contribution is -0.139. The lowest BCUT2D eigenvalue weighted by Crippen LogP contribution is -2.12. The molecular weight excluding hydrogens is 397 g/mol. The average Bonchev–Trinajstić information content (AvgIpc) is 2.65. The van der Waals surface area contributed by atoms with Crippen LogP contribution >= 0.6 is 11.6 Å². The zero-order valence-corrected chi connectivity index (χ0v) is 17.1. The first-order valence-electron chi connectivity index (χ1n) is 9.13. The number of hydrogen-bond acceptors (Lipinski definition) is 4. The molecule has 0 radical (unpaired) electrons. The van der Waals surface area contributed by atoms with Gasteiger partial charge < -0.3 is 14.6 Å². The smallest absolute Gasteiger partial charge is 0.341 e. The van der Waals surface area contributed by atoms with Crippen LogP contribution in [0.1, 0.15) is 30.5 Å². The highest BCUT2D eigenvalue weighted by Gasteiger charge is 2.20. The van der Waals surface area contributed by atoms with E-state index in [2.05, 4.69) is 4.98 Å². The molecule has 0 spiro atoms. The summed E-state index contributed by atoms with van der Waals surface area (Å²) in [6, 6.07) is 9.47. The van der Waals surface area contributed by atoms with Crippen LogP contribution in [0.4, 0.5) is 4.39 Å². The third kappa shape index (κ3) is 4.77. The Hall–Kier alpha value is -2.86. The van der Waals surface area contributed by atoms with Gasteiger partial charge in [-0.3, -0.25) is 0 Å². The van der Waals surface area contributed by atoms with Crippen molar-refractivity contribution in [3.05, 3.63) is 63.9 Å². The minimum absolute atomic E-state index is 0.114. The van der Waals surface area contributed by atoms with Gasteiger partial charge in [0.05, 0.1) is 16.6 Å². The van der Waals surface area contributed by atoms with E-state index in [0.29, 0.717) is 34.0 Å². The molecule has 0 aliphatic carbocycles. The number of carboxylic acids is 1. The van der Waals surface area contributed by atoms with Crippen molar-refractivity contribution in [2.45, 2.75) is 33.3 Å². The van der Waals surface area contributed by atoms with E-state index >= 15 is 0 Å². The number of rotatable bonds is 7. The summed E-state index contributed by atoms with van der Waals surface area (Å²) in [5.74, 6) is -0.568. The molecule has 29 heavy (non-hydrogen) atoms. The maximum absolute atomic E-state index is 13.3. The number of fused-ring (bicyclic) bond motifs is 1. The van der Waals surface area contributed by atoms with Gasteiger partial charge in [-0.25, -0.2) is 14.2 Å². The number of aryl methyl sites for hydroxylation is 1. The van der Waals surface area contributed by atoms with Crippen molar-refractivity contribution in [1.82, 2.24) is 4.98 Å². The SMILES string of the molecule is Cc1c(Cc2ccc(F)cc2)c(OC(C)C)nc2c(Cl)ccc(OCC(=O)O)c12. The number of aromatic nitrogens is 1. The first-order chi connectivity index (χ1) is 13.8. The zero-order chi connectivity index (χ0) is 21.1. The molecule has 7 heteroatoms. The maximum Gasteiger partial charge on any atom is 0.341 e. The second-order valence-electron chi connectivity index (χ2n) is 6.94. The fourth-order valence-corrected chi connectivity index (χ4v) is 3.29. The summed E-state index contributed by atoms with van der Waals surface area (Å²) in [7, 11) is 0. The fraction of sp³-hybridized carbons (Fsp3) is 0.273. The summed E-state index contributed by atoms with van der Waals surface area (Å²) in [4.78, 5) is 15.6. The van der Waals surface area contributed by atoms with Crippen LogP contribution in [0, 0.1) is 12.7 Å². The predicted octanol–water partition coefficient (Wildman–Crippen LogP) is 5.18. The van der Waals surface area contributed by atoms with E-state index < -0.39 is 12.6 Å². The largest absolute Gasteiger partial charge is 0.481 e. The molecule has 3 rings (SSSR count). The number of aliphatic carboxylic acids is 1. The summed E-state index contributed by atoms with van der Waals surface area (Å²) >= 11 is 6.37. The summed E-state index contributed by atoms with van der Waals surface area (Å²) in [6.07, 6.45) is 0.346. The van der Waals surface area contributed by atoms with Crippen molar-refractivity contribution < 1.29 is 23.8 Å². The molecule has 0 aliphatic rings. The molecular formula is C22H21ClFNO4. The molecule has 0 saturated heterocycles. The molecule has 0 unspecified atom stereocenters. The van der Waals surface area contributed by atoms with Crippen LogP contribution < -0.4 is 9.47 Å². The summed E-state index contributed by atoms with van der Waals surface area (Å²) in [5.41, 5.74) is 2.99. The summed E-state index contributed by atoms with van der Waals surface area (Å²) < 4.78 is 24.7. The van der Waals surface area contributed by atoms with Gasteiger partial charge in [0.1, 0.15) is 11.6 Å². The van der Waals surface area contributed by atoms with Gasteiger partial charge in [-0.2, -0.15) is 0 Å². The molecule has 5 nitrogen and oxygen atoms in total. The van der Waals surface area contributed by atoms with Gasteiger partial charge >= 0.3 is 5.97 Å². The Balaban J connectivity index is 2.20.